The van der Waals surface area contributed by atoms with Crippen molar-refractivity contribution in [2.75, 3.05) is 32.7 Å². The summed E-state index contributed by atoms with van der Waals surface area (Å²) in [6.45, 7) is 10.4. The first kappa shape index (κ1) is 20.5. The van der Waals surface area contributed by atoms with Crippen LogP contribution in [0.5, 0.6) is 0 Å². The van der Waals surface area contributed by atoms with Gasteiger partial charge >= 0.3 is 0 Å². The van der Waals surface area contributed by atoms with Crippen LogP contribution in [0.25, 0.3) is 0 Å². The van der Waals surface area contributed by atoms with Gasteiger partial charge in [0, 0.05) is 24.7 Å². The number of benzene rings is 1. The van der Waals surface area contributed by atoms with Crippen LogP contribution in [0.4, 0.5) is 0 Å². The molecule has 130 valence electrons. The van der Waals surface area contributed by atoms with Gasteiger partial charge in [0.1, 0.15) is 0 Å². The van der Waals surface area contributed by atoms with Crippen molar-refractivity contribution in [3.8, 4) is 0 Å². The smallest absolute Gasteiger partial charge is 0.191 e. The molecular weight excluding hydrogens is 423 g/mol. The Balaban J connectivity index is 0.00000264. The predicted molar refractivity (Wildman–Crippen MR) is 110 cm³/mol. The summed E-state index contributed by atoms with van der Waals surface area (Å²) in [6.07, 6.45) is 1.27. The van der Waals surface area contributed by atoms with Crippen molar-refractivity contribution < 1.29 is 0 Å². The van der Waals surface area contributed by atoms with E-state index in [1.807, 2.05) is 18.2 Å². The Hall–Kier alpha value is -0.530. The number of nitrogens with zero attached hydrogens (tertiary/aromatic N) is 2. The van der Waals surface area contributed by atoms with Crippen LogP contribution in [0.1, 0.15) is 25.8 Å². The number of guanidine groups is 1. The molecule has 0 saturated carbocycles. The molecule has 0 aromatic heterocycles. The lowest BCUT2D eigenvalue weighted by atomic mass is 10.1. The number of hydrogen-bond donors (Lipinski definition) is 2. The summed E-state index contributed by atoms with van der Waals surface area (Å²) < 4.78 is 0. The lowest BCUT2D eigenvalue weighted by molar-refractivity contribution is 0.342. The monoisotopic (exact) mass is 450 g/mol. The number of likely N-dealkylation sites (tertiary alicyclic amines) is 1. The van der Waals surface area contributed by atoms with E-state index in [9.17, 15) is 0 Å². The molecule has 1 unspecified atom stereocenters. The largest absolute Gasteiger partial charge is 0.357 e. The standard InChI is InChI=1S/C17H27ClN4.HI/c1-3-19-17(20-11-14-6-5-7-16(18)10-14)21-12-15-8-9-22(4-2)13-15;/h5-7,10,15H,3-4,8-9,11-13H2,1-2H3,(H2,19,20,21);1H. The van der Waals surface area contributed by atoms with Crippen LogP contribution in [0.15, 0.2) is 29.3 Å². The molecule has 6 heteroatoms. The summed E-state index contributed by atoms with van der Waals surface area (Å²) in [7, 11) is 0. The highest BCUT2D eigenvalue weighted by Crippen LogP contribution is 2.14. The molecule has 1 aromatic carbocycles. The van der Waals surface area contributed by atoms with Gasteiger partial charge in [-0.3, -0.25) is 0 Å². The molecule has 1 fully saturated rings. The Morgan fingerprint density at radius 3 is 2.83 bits per heavy atom. The van der Waals surface area contributed by atoms with E-state index in [1.54, 1.807) is 0 Å². The average Bonchev–Trinajstić information content (AvgIpc) is 2.98. The highest BCUT2D eigenvalue weighted by atomic mass is 127. The van der Waals surface area contributed by atoms with Crippen molar-refractivity contribution in [3.05, 3.63) is 34.9 Å². The van der Waals surface area contributed by atoms with Gasteiger partial charge in [0.05, 0.1) is 6.54 Å². The molecule has 1 atom stereocenters. The molecule has 23 heavy (non-hydrogen) atoms. The molecule has 1 saturated heterocycles. The van der Waals surface area contributed by atoms with Gasteiger partial charge in [0.15, 0.2) is 5.96 Å². The Labute approximate surface area is 162 Å². The molecule has 0 amide bonds. The highest BCUT2D eigenvalue weighted by Gasteiger charge is 2.20. The van der Waals surface area contributed by atoms with E-state index in [2.05, 4.69) is 40.4 Å². The zero-order chi connectivity index (χ0) is 15.8. The number of hydrogen-bond acceptors (Lipinski definition) is 2. The molecule has 1 heterocycles. The van der Waals surface area contributed by atoms with E-state index < -0.39 is 0 Å². The van der Waals surface area contributed by atoms with E-state index in [1.165, 1.54) is 19.5 Å². The molecule has 2 N–H and O–H groups in total. The maximum atomic E-state index is 6.01. The third-order valence-corrected chi connectivity index (χ3v) is 4.26. The molecule has 0 aliphatic carbocycles. The second-order valence-electron chi connectivity index (χ2n) is 5.75. The lowest BCUT2D eigenvalue weighted by Gasteiger charge is -2.16. The normalized spacial score (nSPS) is 18.6. The van der Waals surface area contributed by atoms with Crippen molar-refractivity contribution in [1.82, 2.24) is 15.5 Å². The molecule has 1 aliphatic heterocycles. The molecule has 1 aliphatic rings. The van der Waals surface area contributed by atoms with E-state index in [0.29, 0.717) is 6.54 Å². The Morgan fingerprint density at radius 1 is 1.35 bits per heavy atom. The topological polar surface area (TPSA) is 39.7 Å². The number of rotatable bonds is 6. The van der Waals surface area contributed by atoms with Gasteiger partial charge in [0.2, 0.25) is 0 Å². The molecule has 1 aromatic rings. The molecule has 4 nitrogen and oxygen atoms in total. The summed E-state index contributed by atoms with van der Waals surface area (Å²) in [5.41, 5.74) is 1.13. The summed E-state index contributed by atoms with van der Waals surface area (Å²) >= 11 is 6.01. The molecule has 0 radical (unpaired) electrons. The van der Waals surface area contributed by atoms with Crippen molar-refractivity contribution in [1.29, 1.82) is 0 Å². The SMILES string of the molecule is CCNC(=NCc1cccc(Cl)c1)NCC1CCN(CC)C1.I. The van der Waals surface area contributed by atoms with Crippen molar-refractivity contribution in [2.24, 2.45) is 10.9 Å². The quantitative estimate of drug-likeness (QED) is 0.397. The van der Waals surface area contributed by atoms with Crippen LogP contribution in [0.2, 0.25) is 5.02 Å². The summed E-state index contributed by atoms with van der Waals surface area (Å²) in [5.74, 6) is 1.60. The average molecular weight is 451 g/mol. The lowest BCUT2D eigenvalue weighted by Crippen LogP contribution is -2.40. The summed E-state index contributed by atoms with van der Waals surface area (Å²) in [5, 5.41) is 7.54. The third-order valence-electron chi connectivity index (χ3n) is 4.03. The fraction of sp³-hybridized carbons (Fsp3) is 0.588. The number of aliphatic imine (C=N–C) groups is 1. The number of nitrogens with one attached hydrogen (secondary N) is 2. The first-order chi connectivity index (χ1) is 10.7. The minimum atomic E-state index is 0. The van der Waals surface area contributed by atoms with Crippen LogP contribution in [-0.2, 0) is 6.54 Å². The van der Waals surface area contributed by atoms with Gasteiger partial charge in [-0.25, -0.2) is 4.99 Å². The predicted octanol–water partition coefficient (Wildman–Crippen LogP) is 3.35. The van der Waals surface area contributed by atoms with Crippen LogP contribution < -0.4 is 10.6 Å². The molecule has 2 rings (SSSR count). The first-order valence-corrected chi connectivity index (χ1v) is 8.58. The second kappa shape index (κ2) is 11.1. The molecule has 0 spiro atoms. The van der Waals surface area contributed by atoms with Crippen molar-refractivity contribution >= 4 is 41.5 Å². The minimum Gasteiger partial charge on any atom is -0.357 e. The fourth-order valence-corrected chi connectivity index (χ4v) is 2.97. The maximum Gasteiger partial charge on any atom is 0.191 e. The maximum absolute atomic E-state index is 6.01. The van der Waals surface area contributed by atoms with Gasteiger partial charge in [-0.15, -0.1) is 24.0 Å². The van der Waals surface area contributed by atoms with Crippen LogP contribution in [0.3, 0.4) is 0 Å². The minimum absolute atomic E-state index is 0. The van der Waals surface area contributed by atoms with Crippen LogP contribution in [0, 0.1) is 5.92 Å². The van der Waals surface area contributed by atoms with Crippen LogP contribution in [-0.4, -0.2) is 43.6 Å². The Kier molecular flexibility index (Phi) is 9.90. The fourth-order valence-electron chi connectivity index (χ4n) is 2.76. The van der Waals surface area contributed by atoms with Gasteiger partial charge in [-0.05, 0) is 50.0 Å². The Morgan fingerprint density at radius 2 is 2.17 bits per heavy atom. The highest BCUT2D eigenvalue weighted by molar-refractivity contribution is 14.0. The molecular formula is C17H28ClIN4. The zero-order valence-corrected chi connectivity index (χ0v) is 17.1. The van der Waals surface area contributed by atoms with E-state index in [4.69, 9.17) is 11.6 Å². The Bertz CT molecular complexity index is 495. The van der Waals surface area contributed by atoms with E-state index in [-0.39, 0.29) is 24.0 Å². The third kappa shape index (κ3) is 7.27. The van der Waals surface area contributed by atoms with Gasteiger partial charge < -0.3 is 15.5 Å². The van der Waals surface area contributed by atoms with Crippen molar-refractivity contribution in [3.63, 3.8) is 0 Å². The van der Waals surface area contributed by atoms with E-state index >= 15 is 0 Å². The molecule has 0 bridgehead atoms. The van der Waals surface area contributed by atoms with Gasteiger partial charge in [0.25, 0.3) is 0 Å². The number of halogens is 2. The van der Waals surface area contributed by atoms with Crippen molar-refractivity contribution in [2.45, 2.75) is 26.8 Å². The van der Waals surface area contributed by atoms with Crippen LogP contribution >= 0.6 is 35.6 Å². The zero-order valence-electron chi connectivity index (χ0n) is 14.0. The van der Waals surface area contributed by atoms with E-state index in [0.717, 1.165) is 42.1 Å². The van der Waals surface area contributed by atoms with Gasteiger partial charge in [-0.2, -0.15) is 0 Å². The second-order valence-corrected chi connectivity index (χ2v) is 6.19. The summed E-state index contributed by atoms with van der Waals surface area (Å²) in [6, 6.07) is 7.86. The first-order valence-electron chi connectivity index (χ1n) is 8.20. The summed E-state index contributed by atoms with van der Waals surface area (Å²) in [4.78, 5) is 7.15. The van der Waals surface area contributed by atoms with Gasteiger partial charge in [-0.1, -0.05) is 30.7 Å².